The summed E-state index contributed by atoms with van der Waals surface area (Å²) in [7, 11) is 0. The molecule has 2 aromatic rings. The average Bonchev–Trinajstić information content (AvgIpc) is 2.62. The van der Waals surface area contributed by atoms with Crippen molar-refractivity contribution in [3.05, 3.63) is 64.7 Å². The van der Waals surface area contributed by atoms with Gasteiger partial charge in [0.15, 0.2) is 0 Å². The molecule has 0 saturated heterocycles. The molecule has 0 spiro atoms. The molecule has 0 saturated carbocycles. The Morgan fingerprint density at radius 2 is 1.31 bits per heavy atom. The van der Waals surface area contributed by atoms with Gasteiger partial charge in [-0.2, -0.15) is 0 Å². The van der Waals surface area contributed by atoms with Gasteiger partial charge in [-0.05, 0) is 65.8 Å². The fourth-order valence-corrected chi connectivity index (χ4v) is 3.93. The van der Waals surface area contributed by atoms with E-state index in [0.29, 0.717) is 17.6 Å². The Morgan fingerprint density at radius 1 is 0.692 bits per heavy atom. The van der Waals surface area contributed by atoms with Gasteiger partial charge in [0.25, 0.3) is 0 Å². The molecular weight excluding hydrogens is 316 g/mol. The molecule has 2 rings (SSSR count). The zero-order chi connectivity index (χ0) is 18.9. The Hall–Kier alpha value is -1.76. The lowest BCUT2D eigenvalue weighted by Gasteiger charge is -2.21. The van der Waals surface area contributed by atoms with Gasteiger partial charge in [-0.1, -0.05) is 83.4 Å². The summed E-state index contributed by atoms with van der Waals surface area (Å²) < 4.78 is 0. The second-order valence-electron chi connectivity index (χ2n) is 8.13. The average molecular weight is 353 g/mol. The highest BCUT2D eigenvalue weighted by atomic mass is 16.3. The molecular formula is C25H36O. The Labute approximate surface area is 160 Å². The summed E-state index contributed by atoms with van der Waals surface area (Å²) >= 11 is 0. The molecule has 2 aromatic carbocycles. The topological polar surface area (TPSA) is 20.2 Å². The Bertz CT molecular complexity index is 655. The monoisotopic (exact) mass is 352 g/mol. The van der Waals surface area contributed by atoms with Gasteiger partial charge in [0.2, 0.25) is 0 Å². The van der Waals surface area contributed by atoms with Gasteiger partial charge in [-0.15, -0.1) is 0 Å². The first kappa shape index (κ1) is 20.6. The van der Waals surface area contributed by atoms with Crippen molar-refractivity contribution in [2.24, 2.45) is 0 Å². The summed E-state index contributed by atoms with van der Waals surface area (Å²) in [6.07, 6.45) is 8.46. The third-order valence-electron chi connectivity index (χ3n) is 5.30. The van der Waals surface area contributed by atoms with E-state index in [1.165, 1.54) is 60.8 Å². The fraction of sp³-hybridized carbons (Fsp3) is 0.520. The minimum absolute atomic E-state index is 0.459. The third kappa shape index (κ3) is 5.90. The van der Waals surface area contributed by atoms with Crippen LogP contribution >= 0.6 is 0 Å². The Morgan fingerprint density at radius 3 is 1.92 bits per heavy atom. The summed E-state index contributed by atoms with van der Waals surface area (Å²) in [5.74, 6) is 1.45. The van der Waals surface area contributed by atoms with Crippen LogP contribution in [0.5, 0.6) is 5.75 Å². The minimum atomic E-state index is 0.459. The van der Waals surface area contributed by atoms with Gasteiger partial charge >= 0.3 is 0 Å². The van der Waals surface area contributed by atoms with E-state index in [0.717, 1.165) is 6.42 Å². The van der Waals surface area contributed by atoms with Crippen LogP contribution in [0.4, 0.5) is 0 Å². The van der Waals surface area contributed by atoms with E-state index in [4.69, 9.17) is 0 Å². The van der Waals surface area contributed by atoms with Crippen molar-refractivity contribution in [2.45, 2.75) is 84.5 Å². The summed E-state index contributed by atoms with van der Waals surface area (Å²) in [5, 5.41) is 10.4. The molecule has 0 unspecified atom stereocenters. The molecule has 0 aliphatic rings. The molecule has 0 fully saturated rings. The molecule has 0 atom stereocenters. The molecule has 1 nitrogen and oxygen atoms in total. The van der Waals surface area contributed by atoms with Crippen LogP contribution in [-0.4, -0.2) is 5.11 Å². The number of hydrogen-bond donors (Lipinski definition) is 1. The molecule has 0 radical (unpaired) electrons. The fourth-order valence-electron chi connectivity index (χ4n) is 3.93. The Balaban J connectivity index is 1.81. The maximum Gasteiger partial charge on any atom is 0.119 e. The van der Waals surface area contributed by atoms with E-state index in [-0.39, 0.29) is 0 Å². The number of aromatic hydroxyl groups is 1. The highest BCUT2D eigenvalue weighted by molar-refractivity contribution is 5.47. The molecule has 26 heavy (non-hydrogen) atoms. The third-order valence-corrected chi connectivity index (χ3v) is 5.30. The highest BCUT2D eigenvalue weighted by Crippen LogP contribution is 2.35. The molecule has 0 amide bonds. The van der Waals surface area contributed by atoms with E-state index >= 15 is 0 Å². The van der Waals surface area contributed by atoms with Crippen LogP contribution in [0.1, 0.15) is 93.9 Å². The predicted molar refractivity (Wildman–Crippen MR) is 113 cm³/mol. The van der Waals surface area contributed by atoms with Gasteiger partial charge < -0.3 is 5.11 Å². The number of aryl methyl sites for hydroxylation is 1. The zero-order valence-corrected chi connectivity index (χ0v) is 17.1. The van der Waals surface area contributed by atoms with E-state index in [1.807, 2.05) is 6.07 Å². The maximum absolute atomic E-state index is 10.4. The number of phenols is 1. The normalized spacial score (nSPS) is 11.5. The summed E-state index contributed by atoms with van der Waals surface area (Å²) in [4.78, 5) is 0. The molecule has 0 aliphatic heterocycles. The summed E-state index contributed by atoms with van der Waals surface area (Å²) in [5.41, 5.74) is 5.42. The van der Waals surface area contributed by atoms with Crippen LogP contribution in [0.3, 0.4) is 0 Å². The summed E-state index contributed by atoms with van der Waals surface area (Å²) in [6, 6.07) is 14.8. The first-order valence-electron chi connectivity index (χ1n) is 10.4. The van der Waals surface area contributed by atoms with Crippen molar-refractivity contribution in [3.8, 4) is 5.75 Å². The molecule has 0 bridgehead atoms. The number of phenolic OH excluding ortho intramolecular Hbond substituents is 1. The maximum atomic E-state index is 10.4. The first-order chi connectivity index (χ1) is 12.5. The van der Waals surface area contributed by atoms with Gasteiger partial charge in [0.1, 0.15) is 5.75 Å². The zero-order valence-electron chi connectivity index (χ0n) is 17.1. The van der Waals surface area contributed by atoms with Crippen molar-refractivity contribution in [3.63, 3.8) is 0 Å². The molecule has 0 aromatic heterocycles. The second-order valence-corrected chi connectivity index (χ2v) is 8.13. The highest BCUT2D eigenvalue weighted by Gasteiger charge is 2.17. The number of hydrogen-bond acceptors (Lipinski definition) is 1. The lowest BCUT2D eigenvalue weighted by molar-refractivity contribution is 0.463. The number of benzene rings is 2. The van der Waals surface area contributed by atoms with Crippen LogP contribution in [0.15, 0.2) is 42.5 Å². The van der Waals surface area contributed by atoms with Gasteiger partial charge in [0.05, 0.1) is 0 Å². The molecule has 1 N–H and O–H groups in total. The van der Waals surface area contributed by atoms with Gasteiger partial charge in [0, 0.05) is 0 Å². The standard InChI is InChI=1S/C25H36O/c1-19(2)22-17-18-24(26)23(25(22)20(3)4)16-12-7-5-6-9-13-21-14-10-8-11-15-21/h8,10-11,14-15,17-20,26H,5-7,9,12-13,16H2,1-4H3. The number of rotatable bonds is 10. The van der Waals surface area contributed by atoms with Crippen LogP contribution in [0, 0.1) is 0 Å². The smallest absolute Gasteiger partial charge is 0.119 e. The minimum Gasteiger partial charge on any atom is -0.508 e. The van der Waals surface area contributed by atoms with E-state index in [1.54, 1.807) is 0 Å². The van der Waals surface area contributed by atoms with Crippen molar-refractivity contribution < 1.29 is 5.11 Å². The van der Waals surface area contributed by atoms with Crippen LogP contribution in [0.25, 0.3) is 0 Å². The van der Waals surface area contributed by atoms with Gasteiger partial charge in [-0.25, -0.2) is 0 Å². The van der Waals surface area contributed by atoms with Crippen molar-refractivity contribution in [1.29, 1.82) is 0 Å². The SMILES string of the molecule is CC(C)c1ccc(O)c(CCCCCCCc2ccccc2)c1C(C)C. The van der Waals surface area contributed by atoms with Gasteiger partial charge in [-0.3, -0.25) is 0 Å². The Kier molecular flexibility index (Phi) is 8.22. The molecule has 0 aliphatic carbocycles. The molecule has 0 heterocycles. The van der Waals surface area contributed by atoms with Crippen molar-refractivity contribution in [1.82, 2.24) is 0 Å². The van der Waals surface area contributed by atoms with E-state index in [2.05, 4.69) is 64.1 Å². The van der Waals surface area contributed by atoms with Crippen molar-refractivity contribution in [2.75, 3.05) is 0 Å². The predicted octanol–water partition coefficient (Wildman–Crippen LogP) is 7.37. The van der Waals surface area contributed by atoms with E-state index in [9.17, 15) is 5.11 Å². The van der Waals surface area contributed by atoms with Crippen molar-refractivity contribution >= 4 is 0 Å². The van der Waals surface area contributed by atoms with Crippen LogP contribution in [0.2, 0.25) is 0 Å². The second kappa shape index (κ2) is 10.4. The van der Waals surface area contributed by atoms with E-state index < -0.39 is 0 Å². The largest absolute Gasteiger partial charge is 0.508 e. The van der Waals surface area contributed by atoms with Crippen LogP contribution in [-0.2, 0) is 12.8 Å². The molecule has 1 heteroatoms. The first-order valence-corrected chi connectivity index (χ1v) is 10.4. The molecule has 142 valence electrons. The quantitative estimate of drug-likeness (QED) is 0.442. The van der Waals surface area contributed by atoms with Crippen LogP contribution < -0.4 is 0 Å². The summed E-state index contributed by atoms with van der Waals surface area (Å²) in [6.45, 7) is 8.98. The lowest BCUT2D eigenvalue weighted by atomic mass is 9.84. The lowest BCUT2D eigenvalue weighted by Crippen LogP contribution is -2.04. The number of unbranched alkanes of at least 4 members (excludes halogenated alkanes) is 4.